The molecule has 0 bridgehead atoms. The molecule has 0 spiro atoms. The number of nitrogens with one attached hydrogen (secondary N) is 1. The Morgan fingerprint density at radius 2 is 2.38 bits per heavy atom. The number of hydrogen-bond donors (Lipinski definition) is 1. The van der Waals surface area contributed by atoms with Gasteiger partial charge in [-0.1, -0.05) is 0 Å². The first kappa shape index (κ1) is 11.2. The van der Waals surface area contributed by atoms with Gasteiger partial charge in [0.2, 0.25) is 5.91 Å². The summed E-state index contributed by atoms with van der Waals surface area (Å²) < 4.78 is 2.01. The highest BCUT2D eigenvalue weighted by Crippen LogP contribution is 2.25. The van der Waals surface area contributed by atoms with Crippen molar-refractivity contribution in [2.75, 3.05) is 14.1 Å². The standard InChI is InChI=1S/C12H19N3O/c1-13-8-11-4-3-7-15(11)9-12(16)14(2)10-5-6-10/h3-4,7,10,13H,5-6,8-9H2,1-2H3. The maximum absolute atomic E-state index is 11.9. The molecule has 1 N–H and O–H groups in total. The minimum atomic E-state index is 0.205. The third-order valence-corrected chi connectivity index (χ3v) is 3.08. The van der Waals surface area contributed by atoms with E-state index in [2.05, 4.69) is 5.32 Å². The number of nitrogens with zero attached hydrogens (tertiary/aromatic N) is 2. The Labute approximate surface area is 96.2 Å². The average molecular weight is 221 g/mol. The Bertz CT molecular complexity index is 368. The Balaban J connectivity index is 1.96. The van der Waals surface area contributed by atoms with E-state index in [1.807, 2.05) is 41.9 Å². The molecule has 0 unspecified atom stereocenters. The van der Waals surface area contributed by atoms with Crippen LogP contribution in [0.25, 0.3) is 0 Å². The number of aromatic nitrogens is 1. The highest BCUT2D eigenvalue weighted by Gasteiger charge is 2.29. The van der Waals surface area contributed by atoms with Gasteiger partial charge < -0.3 is 14.8 Å². The summed E-state index contributed by atoms with van der Waals surface area (Å²) >= 11 is 0. The molecule has 1 amide bonds. The van der Waals surface area contributed by atoms with Crippen molar-refractivity contribution in [3.05, 3.63) is 24.0 Å². The SMILES string of the molecule is CNCc1cccn1CC(=O)N(C)C1CC1. The minimum absolute atomic E-state index is 0.205. The smallest absolute Gasteiger partial charge is 0.242 e. The third-order valence-electron chi connectivity index (χ3n) is 3.08. The lowest BCUT2D eigenvalue weighted by atomic mass is 10.4. The first-order valence-corrected chi connectivity index (χ1v) is 5.76. The highest BCUT2D eigenvalue weighted by atomic mass is 16.2. The van der Waals surface area contributed by atoms with Crippen molar-refractivity contribution in [3.8, 4) is 0 Å². The van der Waals surface area contributed by atoms with Crippen molar-refractivity contribution < 1.29 is 4.79 Å². The van der Waals surface area contributed by atoms with E-state index < -0.39 is 0 Å². The third kappa shape index (κ3) is 2.44. The van der Waals surface area contributed by atoms with E-state index in [-0.39, 0.29) is 5.91 Å². The first-order chi connectivity index (χ1) is 7.72. The van der Waals surface area contributed by atoms with Crippen LogP contribution in [0.2, 0.25) is 0 Å². The van der Waals surface area contributed by atoms with Gasteiger partial charge in [0.15, 0.2) is 0 Å². The van der Waals surface area contributed by atoms with Gasteiger partial charge in [0.25, 0.3) is 0 Å². The van der Waals surface area contributed by atoms with Crippen molar-refractivity contribution in [2.24, 2.45) is 0 Å². The van der Waals surface area contributed by atoms with Crippen molar-refractivity contribution in [1.29, 1.82) is 0 Å². The van der Waals surface area contributed by atoms with Crippen LogP contribution in [0.4, 0.5) is 0 Å². The van der Waals surface area contributed by atoms with Crippen LogP contribution in [0.3, 0.4) is 0 Å². The molecule has 1 aliphatic carbocycles. The van der Waals surface area contributed by atoms with Crippen LogP contribution in [-0.2, 0) is 17.9 Å². The molecule has 1 heterocycles. The lowest BCUT2D eigenvalue weighted by Gasteiger charge is -2.17. The summed E-state index contributed by atoms with van der Waals surface area (Å²) in [5.74, 6) is 0.205. The fourth-order valence-electron chi connectivity index (χ4n) is 1.87. The fraction of sp³-hybridized carbons (Fsp3) is 0.583. The van der Waals surface area contributed by atoms with Gasteiger partial charge in [-0.05, 0) is 32.0 Å². The second-order valence-corrected chi connectivity index (χ2v) is 4.39. The Hall–Kier alpha value is -1.29. The topological polar surface area (TPSA) is 37.3 Å². The molecule has 4 nitrogen and oxygen atoms in total. The van der Waals surface area contributed by atoms with Crippen LogP contribution in [0.1, 0.15) is 18.5 Å². The summed E-state index contributed by atoms with van der Waals surface area (Å²) in [6, 6.07) is 4.52. The van der Waals surface area contributed by atoms with Crippen molar-refractivity contribution in [1.82, 2.24) is 14.8 Å². The summed E-state index contributed by atoms with van der Waals surface area (Å²) in [5, 5.41) is 3.10. The highest BCUT2D eigenvalue weighted by molar-refractivity contribution is 5.76. The van der Waals surface area contributed by atoms with E-state index >= 15 is 0 Å². The van der Waals surface area contributed by atoms with E-state index in [1.54, 1.807) is 0 Å². The Kier molecular flexibility index (Phi) is 3.29. The Morgan fingerprint density at radius 3 is 3.00 bits per heavy atom. The van der Waals surface area contributed by atoms with E-state index in [0.717, 1.165) is 25.1 Å². The molecule has 1 aromatic heterocycles. The summed E-state index contributed by atoms with van der Waals surface area (Å²) in [4.78, 5) is 13.8. The molecule has 1 aliphatic rings. The molecule has 0 saturated heterocycles. The number of rotatable bonds is 5. The number of carbonyl (C=O) groups is 1. The van der Waals surface area contributed by atoms with Gasteiger partial charge in [0.05, 0.1) is 0 Å². The van der Waals surface area contributed by atoms with Gasteiger partial charge in [-0.2, -0.15) is 0 Å². The van der Waals surface area contributed by atoms with Gasteiger partial charge in [-0.15, -0.1) is 0 Å². The first-order valence-electron chi connectivity index (χ1n) is 5.76. The number of hydrogen-bond acceptors (Lipinski definition) is 2. The van der Waals surface area contributed by atoms with Gasteiger partial charge >= 0.3 is 0 Å². The molecule has 0 radical (unpaired) electrons. The fourth-order valence-corrected chi connectivity index (χ4v) is 1.87. The van der Waals surface area contributed by atoms with Crippen molar-refractivity contribution >= 4 is 5.91 Å². The quantitative estimate of drug-likeness (QED) is 0.799. The predicted octanol–water partition coefficient (Wildman–Crippen LogP) is 0.828. The van der Waals surface area contributed by atoms with E-state index in [1.165, 1.54) is 0 Å². The second kappa shape index (κ2) is 4.70. The molecule has 1 fully saturated rings. The summed E-state index contributed by atoms with van der Waals surface area (Å²) in [6.45, 7) is 1.25. The zero-order chi connectivity index (χ0) is 11.5. The van der Waals surface area contributed by atoms with E-state index in [0.29, 0.717) is 12.6 Å². The molecule has 4 heteroatoms. The van der Waals surface area contributed by atoms with Crippen LogP contribution < -0.4 is 5.32 Å². The maximum atomic E-state index is 11.9. The summed E-state index contributed by atoms with van der Waals surface area (Å²) in [7, 11) is 3.82. The molecule has 0 aromatic carbocycles. The number of likely N-dealkylation sites (N-methyl/N-ethyl adjacent to an activating group) is 1. The molecule has 0 atom stereocenters. The normalized spacial score (nSPS) is 15.1. The zero-order valence-corrected chi connectivity index (χ0v) is 9.94. The maximum Gasteiger partial charge on any atom is 0.242 e. The van der Waals surface area contributed by atoms with Crippen molar-refractivity contribution in [3.63, 3.8) is 0 Å². The lowest BCUT2D eigenvalue weighted by molar-refractivity contribution is -0.131. The van der Waals surface area contributed by atoms with Crippen molar-refractivity contribution in [2.45, 2.75) is 32.0 Å². The molecule has 16 heavy (non-hydrogen) atoms. The van der Waals surface area contributed by atoms with Crippen LogP contribution in [0.5, 0.6) is 0 Å². The molecule has 1 aromatic rings. The van der Waals surface area contributed by atoms with Crippen LogP contribution in [-0.4, -0.2) is 35.5 Å². The van der Waals surface area contributed by atoms with Crippen LogP contribution in [0.15, 0.2) is 18.3 Å². The molecule has 1 saturated carbocycles. The zero-order valence-electron chi connectivity index (χ0n) is 9.94. The van der Waals surface area contributed by atoms with E-state index in [4.69, 9.17) is 0 Å². The Morgan fingerprint density at radius 1 is 1.62 bits per heavy atom. The number of amides is 1. The molecule has 88 valence electrons. The van der Waals surface area contributed by atoms with Gasteiger partial charge in [0.1, 0.15) is 6.54 Å². The largest absolute Gasteiger partial charge is 0.341 e. The van der Waals surface area contributed by atoms with Crippen LogP contribution >= 0.6 is 0 Å². The number of carbonyl (C=O) groups excluding carboxylic acids is 1. The lowest BCUT2D eigenvalue weighted by Crippen LogP contribution is -2.32. The predicted molar refractivity (Wildman–Crippen MR) is 63.0 cm³/mol. The van der Waals surface area contributed by atoms with Gasteiger partial charge in [-0.3, -0.25) is 4.79 Å². The molecule has 2 rings (SSSR count). The molecular weight excluding hydrogens is 202 g/mol. The minimum Gasteiger partial charge on any atom is -0.341 e. The van der Waals surface area contributed by atoms with Crippen LogP contribution in [0, 0.1) is 0 Å². The summed E-state index contributed by atoms with van der Waals surface area (Å²) in [5.41, 5.74) is 1.15. The monoisotopic (exact) mass is 221 g/mol. The van der Waals surface area contributed by atoms with E-state index in [9.17, 15) is 4.79 Å². The molecular formula is C12H19N3O. The van der Waals surface area contributed by atoms with Gasteiger partial charge in [-0.25, -0.2) is 0 Å². The average Bonchev–Trinajstić information content (AvgIpc) is 3.03. The summed E-state index contributed by atoms with van der Waals surface area (Å²) in [6.07, 6.45) is 4.29. The van der Waals surface area contributed by atoms with Gasteiger partial charge in [0, 0.05) is 31.5 Å². The second-order valence-electron chi connectivity index (χ2n) is 4.39. The molecule has 0 aliphatic heterocycles.